The lowest BCUT2D eigenvalue weighted by atomic mass is 10.2. The summed E-state index contributed by atoms with van der Waals surface area (Å²) >= 11 is 0. The van der Waals surface area contributed by atoms with Crippen LogP contribution in [0.5, 0.6) is 0 Å². The molecule has 6 saturated heterocycles. The van der Waals surface area contributed by atoms with Gasteiger partial charge in [-0.3, -0.25) is 0 Å². The second-order valence-electron chi connectivity index (χ2n) is 12.1. The van der Waals surface area contributed by atoms with E-state index in [9.17, 15) is 0 Å². The van der Waals surface area contributed by atoms with Crippen LogP contribution in [0.3, 0.4) is 0 Å². The molecule has 0 aliphatic carbocycles. The van der Waals surface area contributed by atoms with Crippen LogP contribution in [-0.2, 0) is 49.4 Å². The molecule has 0 spiro atoms. The summed E-state index contributed by atoms with van der Waals surface area (Å²) < 4.78 is 87.1. The maximum absolute atomic E-state index is 7.38. The van der Waals surface area contributed by atoms with Gasteiger partial charge in [0.1, 0.15) is 0 Å². The van der Waals surface area contributed by atoms with Gasteiger partial charge < -0.3 is 49.4 Å². The van der Waals surface area contributed by atoms with Gasteiger partial charge >= 0.3 is 70.4 Å². The Morgan fingerprint density at radius 3 is 0.854 bits per heavy atom. The standard InChI is InChI=1S/C28H44O12Si8/c1-7-41-29-42(8-2)32-45(11-5)34-43(9-3,30-41)36-47(25-23-27-19-15-13-16-20-27)37-44(10-4,31-41)35-46(12-6,33-42)39-48(38-45,40-47)26-24-28-21-17-14-18-22-28/h13-26H,7-12H2,1-6H3/b25-23+,26-24+. The Balaban J connectivity index is 1.53. The van der Waals surface area contributed by atoms with Crippen molar-refractivity contribution >= 4 is 82.6 Å². The molecule has 8 bridgehead atoms. The van der Waals surface area contributed by atoms with Crippen LogP contribution in [0.15, 0.2) is 72.1 Å². The van der Waals surface area contributed by atoms with Crippen LogP contribution in [0, 0.1) is 0 Å². The van der Waals surface area contributed by atoms with Crippen molar-refractivity contribution in [2.45, 2.75) is 77.8 Å². The third-order valence-electron chi connectivity index (χ3n) is 8.81. The molecule has 260 valence electrons. The van der Waals surface area contributed by atoms with Gasteiger partial charge in [0, 0.05) is 36.3 Å². The summed E-state index contributed by atoms with van der Waals surface area (Å²) in [5.74, 6) is 0. The van der Waals surface area contributed by atoms with Crippen molar-refractivity contribution in [2.75, 3.05) is 0 Å². The quantitative estimate of drug-likeness (QED) is 0.249. The lowest BCUT2D eigenvalue weighted by Gasteiger charge is -2.62. The van der Waals surface area contributed by atoms with E-state index < -0.39 is 70.4 Å². The van der Waals surface area contributed by atoms with Crippen LogP contribution >= 0.6 is 0 Å². The van der Waals surface area contributed by atoms with Gasteiger partial charge in [-0.1, -0.05) is 114 Å². The van der Waals surface area contributed by atoms with E-state index in [4.69, 9.17) is 49.4 Å². The molecule has 6 fully saturated rings. The predicted molar refractivity (Wildman–Crippen MR) is 193 cm³/mol. The highest BCUT2D eigenvalue weighted by Gasteiger charge is 2.81. The molecule has 12 nitrogen and oxygen atoms in total. The highest BCUT2D eigenvalue weighted by atomic mass is 28.6. The third kappa shape index (κ3) is 6.42. The van der Waals surface area contributed by atoms with Gasteiger partial charge in [-0.15, -0.1) is 0 Å². The van der Waals surface area contributed by atoms with Crippen LogP contribution < -0.4 is 0 Å². The fraction of sp³-hybridized carbons (Fsp3) is 0.429. The van der Waals surface area contributed by atoms with Crippen molar-refractivity contribution < 1.29 is 49.4 Å². The number of benzene rings is 2. The molecule has 0 aromatic heterocycles. The van der Waals surface area contributed by atoms with Crippen LogP contribution in [0.2, 0.25) is 36.3 Å². The fourth-order valence-electron chi connectivity index (χ4n) is 6.25. The molecule has 4 atom stereocenters. The second-order valence-corrected chi connectivity index (χ2v) is 37.5. The highest BCUT2D eigenvalue weighted by molar-refractivity contribution is 7.04. The molecule has 8 rings (SSSR count). The third-order valence-corrected chi connectivity index (χ3v) is 44.4. The average Bonchev–Trinajstić information content (AvgIpc) is 3.07. The number of hydrogen-bond acceptors (Lipinski definition) is 12. The molecule has 20 heteroatoms. The van der Waals surface area contributed by atoms with E-state index in [1.165, 1.54) is 0 Å². The summed E-state index contributed by atoms with van der Waals surface area (Å²) in [6.07, 6.45) is 3.88. The number of hydrogen-bond donors (Lipinski definition) is 0. The van der Waals surface area contributed by atoms with Crippen molar-refractivity contribution in [3.05, 3.63) is 83.2 Å². The van der Waals surface area contributed by atoms with Gasteiger partial charge in [0.15, 0.2) is 0 Å². The van der Waals surface area contributed by atoms with Gasteiger partial charge in [-0.25, -0.2) is 0 Å². The summed E-state index contributed by atoms with van der Waals surface area (Å²) in [7, 11) is -30.7. The Kier molecular flexibility index (Phi) is 9.63. The highest BCUT2D eigenvalue weighted by Crippen LogP contribution is 2.52. The normalized spacial score (nSPS) is 43.6. The Morgan fingerprint density at radius 1 is 0.354 bits per heavy atom. The van der Waals surface area contributed by atoms with Crippen LogP contribution in [-0.4, -0.2) is 70.4 Å². The molecule has 2 aromatic carbocycles. The zero-order valence-electron chi connectivity index (χ0n) is 28.2. The summed E-state index contributed by atoms with van der Waals surface area (Å²) in [5, 5.41) is 0. The molecule has 6 heterocycles. The van der Waals surface area contributed by atoms with E-state index >= 15 is 0 Å². The van der Waals surface area contributed by atoms with E-state index in [0.717, 1.165) is 11.1 Å². The van der Waals surface area contributed by atoms with E-state index in [0.29, 0.717) is 36.3 Å². The molecular formula is C28H44O12Si8. The number of rotatable bonds is 10. The Morgan fingerprint density at radius 2 is 0.604 bits per heavy atom. The fourth-order valence-corrected chi connectivity index (χ4v) is 53.9. The minimum absolute atomic E-state index is 0.378. The zero-order chi connectivity index (χ0) is 33.8. The smallest absolute Gasteiger partial charge is 0.373 e. The van der Waals surface area contributed by atoms with Gasteiger partial charge in [0.2, 0.25) is 0 Å². The van der Waals surface area contributed by atoms with Crippen molar-refractivity contribution in [2.24, 2.45) is 0 Å². The van der Waals surface area contributed by atoms with Gasteiger partial charge in [-0.05, 0) is 22.5 Å². The van der Waals surface area contributed by atoms with Crippen molar-refractivity contribution in [1.29, 1.82) is 0 Å². The zero-order valence-corrected chi connectivity index (χ0v) is 36.2. The summed E-state index contributed by atoms with van der Waals surface area (Å²) in [4.78, 5) is 0. The Hall–Kier alpha value is -0.825. The minimum atomic E-state index is -4.08. The first kappa shape index (κ1) is 35.6. The second kappa shape index (κ2) is 13.0. The molecule has 4 unspecified atom stereocenters. The lowest BCUT2D eigenvalue weighted by Crippen LogP contribution is -2.87. The first-order valence-electron chi connectivity index (χ1n) is 16.9. The van der Waals surface area contributed by atoms with E-state index in [-0.39, 0.29) is 0 Å². The van der Waals surface area contributed by atoms with E-state index in [2.05, 4.69) is 0 Å². The predicted octanol–water partition coefficient (Wildman–Crippen LogP) is 6.39. The van der Waals surface area contributed by atoms with Crippen molar-refractivity contribution in [3.8, 4) is 0 Å². The minimum Gasteiger partial charge on any atom is -0.373 e. The van der Waals surface area contributed by atoms with Gasteiger partial charge in [-0.2, -0.15) is 0 Å². The van der Waals surface area contributed by atoms with Gasteiger partial charge in [0.25, 0.3) is 0 Å². The molecule has 2 aromatic rings. The Bertz CT molecular complexity index is 1390. The maximum atomic E-state index is 7.38. The molecule has 6 aliphatic rings. The average molecular weight is 797 g/mol. The largest absolute Gasteiger partial charge is 0.507 e. The van der Waals surface area contributed by atoms with E-state index in [1.807, 2.05) is 126 Å². The lowest BCUT2D eigenvalue weighted by molar-refractivity contribution is -0.0230. The van der Waals surface area contributed by atoms with Gasteiger partial charge in [0.05, 0.1) is 0 Å². The van der Waals surface area contributed by atoms with Crippen LogP contribution in [0.4, 0.5) is 0 Å². The summed E-state index contributed by atoms with van der Waals surface area (Å²) in [5.41, 5.74) is 5.61. The molecule has 0 amide bonds. The topological polar surface area (TPSA) is 111 Å². The first-order chi connectivity index (χ1) is 23.0. The monoisotopic (exact) mass is 796 g/mol. The van der Waals surface area contributed by atoms with Crippen molar-refractivity contribution in [1.82, 2.24) is 0 Å². The first-order valence-corrected chi connectivity index (χ1v) is 32.1. The van der Waals surface area contributed by atoms with Crippen LogP contribution in [0.1, 0.15) is 52.7 Å². The molecule has 6 aliphatic heterocycles. The maximum Gasteiger partial charge on any atom is 0.507 e. The SMILES string of the molecule is CC[Si]12O[Si]3(/C=C/c4ccccc4)O[Si]4(/C=C/c5ccccc5)O[Si](CC)(O1)O[Si]1(CC)O[Si](CC)(O4)O[Si](CC)(O3)O[Si](CC)(O2)O1. The summed E-state index contributed by atoms with van der Waals surface area (Å²) in [6.45, 7) is 11.9. The summed E-state index contributed by atoms with van der Waals surface area (Å²) in [6, 6.07) is 22.2. The molecule has 0 radical (unpaired) electrons. The van der Waals surface area contributed by atoms with Crippen LogP contribution in [0.25, 0.3) is 12.2 Å². The van der Waals surface area contributed by atoms with E-state index in [1.54, 1.807) is 0 Å². The van der Waals surface area contributed by atoms with Crippen molar-refractivity contribution in [3.63, 3.8) is 0 Å². The molecule has 0 saturated carbocycles. The molecule has 0 N–H and O–H groups in total. The molecule has 48 heavy (non-hydrogen) atoms. The Labute approximate surface area is 291 Å². The molecular weight excluding hydrogens is 753 g/mol.